The molecule has 0 bridgehead atoms. The van der Waals surface area contributed by atoms with E-state index in [2.05, 4.69) is 21.2 Å². The normalized spacial score (nSPS) is 12.0. The van der Waals surface area contributed by atoms with Crippen molar-refractivity contribution < 1.29 is 19.4 Å². The second-order valence-corrected chi connectivity index (χ2v) is 6.06. The van der Waals surface area contributed by atoms with Crippen LogP contribution < -0.4 is 10.1 Å². The minimum absolute atomic E-state index is 0.0182. The number of aliphatic carboxylic acids is 1. The number of hydrogen-bond acceptors (Lipinski definition) is 3. The van der Waals surface area contributed by atoms with Gasteiger partial charge in [0.05, 0.1) is 6.10 Å². The summed E-state index contributed by atoms with van der Waals surface area (Å²) in [6.07, 6.45) is 0.441. The Hall–Kier alpha value is -1.56. The quantitative estimate of drug-likeness (QED) is 0.785. The van der Waals surface area contributed by atoms with E-state index in [0.717, 1.165) is 4.47 Å². The molecule has 116 valence electrons. The van der Waals surface area contributed by atoms with Gasteiger partial charge < -0.3 is 15.2 Å². The summed E-state index contributed by atoms with van der Waals surface area (Å²) >= 11 is 3.35. The predicted octanol–water partition coefficient (Wildman–Crippen LogP) is 3.22. The minimum Gasteiger partial charge on any atom is -0.491 e. The molecule has 0 saturated carbocycles. The van der Waals surface area contributed by atoms with Crippen LogP contribution in [0.1, 0.15) is 44.0 Å². The first-order valence-electron chi connectivity index (χ1n) is 6.78. The maximum atomic E-state index is 12.2. The van der Waals surface area contributed by atoms with Gasteiger partial charge in [-0.15, -0.1) is 0 Å². The Morgan fingerprint density at radius 2 is 1.95 bits per heavy atom. The molecule has 1 rings (SSSR count). The summed E-state index contributed by atoms with van der Waals surface area (Å²) in [6.45, 7) is 5.60. The van der Waals surface area contributed by atoms with Gasteiger partial charge in [-0.2, -0.15) is 0 Å². The second-order valence-electron chi connectivity index (χ2n) is 5.15. The van der Waals surface area contributed by atoms with Crippen molar-refractivity contribution in [2.45, 2.75) is 45.8 Å². The Balaban J connectivity index is 2.73. The van der Waals surface area contributed by atoms with Crippen LogP contribution in [0.15, 0.2) is 22.7 Å². The number of ether oxygens (including phenoxy) is 1. The third-order valence-electron chi connectivity index (χ3n) is 2.67. The lowest BCUT2D eigenvalue weighted by Gasteiger charge is -2.15. The molecule has 1 aromatic rings. The maximum Gasteiger partial charge on any atom is 0.303 e. The van der Waals surface area contributed by atoms with Crippen LogP contribution in [0.2, 0.25) is 0 Å². The van der Waals surface area contributed by atoms with Crippen LogP contribution in [-0.2, 0) is 4.79 Å². The molecular weight excluding hydrogens is 338 g/mol. The third kappa shape index (κ3) is 6.62. The number of halogens is 1. The van der Waals surface area contributed by atoms with E-state index >= 15 is 0 Å². The fraction of sp³-hybridized carbons (Fsp3) is 0.467. The monoisotopic (exact) mass is 357 g/mol. The summed E-state index contributed by atoms with van der Waals surface area (Å²) in [4.78, 5) is 22.7. The molecule has 0 fully saturated rings. The van der Waals surface area contributed by atoms with E-state index in [-0.39, 0.29) is 24.5 Å². The van der Waals surface area contributed by atoms with Crippen molar-refractivity contribution in [2.24, 2.45) is 0 Å². The highest BCUT2D eigenvalue weighted by atomic mass is 79.9. The number of amides is 1. The van der Waals surface area contributed by atoms with Crippen LogP contribution in [0, 0.1) is 0 Å². The van der Waals surface area contributed by atoms with Gasteiger partial charge in [0.2, 0.25) is 0 Å². The van der Waals surface area contributed by atoms with Crippen LogP contribution in [-0.4, -0.2) is 29.1 Å². The molecule has 0 aromatic heterocycles. The van der Waals surface area contributed by atoms with E-state index in [4.69, 9.17) is 9.84 Å². The fourth-order valence-electron chi connectivity index (χ4n) is 1.75. The van der Waals surface area contributed by atoms with Gasteiger partial charge in [0.1, 0.15) is 5.75 Å². The van der Waals surface area contributed by atoms with Crippen LogP contribution in [0.25, 0.3) is 0 Å². The van der Waals surface area contributed by atoms with Crippen molar-refractivity contribution in [3.63, 3.8) is 0 Å². The molecule has 0 aliphatic carbocycles. The maximum absolute atomic E-state index is 12.2. The molecule has 0 radical (unpaired) electrons. The lowest BCUT2D eigenvalue weighted by Crippen LogP contribution is -2.33. The number of benzene rings is 1. The molecule has 0 spiro atoms. The Morgan fingerprint density at radius 1 is 1.29 bits per heavy atom. The molecule has 0 heterocycles. The zero-order valence-corrected chi connectivity index (χ0v) is 13.9. The van der Waals surface area contributed by atoms with Crippen LogP contribution in [0.4, 0.5) is 0 Å². The summed E-state index contributed by atoms with van der Waals surface area (Å²) < 4.78 is 6.34. The van der Waals surface area contributed by atoms with Crippen molar-refractivity contribution in [2.75, 3.05) is 0 Å². The molecule has 5 nitrogen and oxygen atoms in total. The molecule has 0 aliphatic rings. The number of rotatable bonds is 7. The highest BCUT2D eigenvalue weighted by Gasteiger charge is 2.13. The third-order valence-corrected chi connectivity index (χ3v) is 3.13. The predicted molar refractivity (Wildman–Crippen MR) is 83.7 cm³/mol. The van der Waals surface area contributed by atoms with E-state index in [1.54, 1.807) is 25.1 Å². The molecule has 0 saturated heterocycles. The molecule has 1 aromatic carbocycles. The first-order chi connectivity index (χ1) is 9.77. The lowest BCUT2D eigenvalue weighted by molar-refractivity contribution is -0.137. The van der Waals surface area contributed by atoms with Crippen molar-refractivity contribution in [3.05, 3.63) is 28.2 Å². The molecule has 0 aliphatic heterocycles. The molecular formula is C15H20BrNO4. The van der Waals surface area contributed by atoms with Gasteiger partial charge in [0.25, 0.3) is 5.91 Å². The Bertz CT molecular complexity index is 516. The van der Waals surface area contributed by atoms with Gasteiger partial charge in [-0.1, -0.05) is 15.9 Å². The topological polar surface area (TPSA) is 75.6 Å². The van der Waals surface area contributed by atoms with E-state index < -0.39 is 5.97 Å². The Labute approximate surface area is 132 Å². The lowest BCUT2D eigenvalue weighted by atomic mass is 10.1. The summed E-state index contributed by atoms with van der Waals surface area (Å²) in [5.41, 5.74) is 0.474. The average molecular weight is 358 g/mol. The van der Waals surface area contributed by atoms with Gasteiger partial charge >= 0.3 is 5.97 Å². The number of carboxylic acids is 1. The summed E-state index contributed by atoms with van der Waals surface area (Å²) in [6, 6.07) is 4.96. The molecule has 6 heteroatoms. The standard InChI is InChI=1S/C15H20BrNO4/c1-9(2)21-13-7-11(6-12(16)8-13)15(20)17-10(3)4-5-14(18)19/h6-10H,4-5H2,1-3H3,(H,17,20)(H,18,19). The average Bonchev–Trinajstić information content (AvgIpc) is 2.34. The zero-order chi connectivity index (χ0) is 16.0. The molecule has 2 N–H and O–H groups in total. The van der Waals surface area contributed by atoms with Gasteiger partial charge in [0, 0.05) is 22.5 Å². The van der Waals surface area contributed by atoms with Crippen molar-refractivity contribution in [1.82, 2.24) is 5.32 Å². The number of carbonyl (C=O) groups excluding carboxylic acids is 1. The highest BCUT2D eigenvalue weighted by molar-refractivity contribution is 9.10. The van der Waals surface area contributed by atoms with E-state index in [1.165, 1.54) is 0 Å². The number of carboxylic acid groups (broad SMARTS) is 1. The molecule has 1 unspecified atom stereocenters. The summed E-state index contributed by atoms with van der Waals surface area (Å²) in [7, 11) is 0. The molecule has 1 amide bonds. The Kier molecular flexibility index (Phi) is 6.68. The molecule has 1 atom stereocenters. The van der Waals surface area contributed by atoms with Gasteiger partial charge in [-0.05, 0) is 45.4 Å². The minimum atomic E-state index is -0.869. The van der Waals surface area contributed by atoms with Crippen molar-refractivity contribution in [1.29, 1.82) is 0 Å². The van der Waals surface area contributed by atoms with Gasteiger partial charge in [0.15, 0.2) is 0 Å². The number of hydrogen-bond donors (Lipinski definition) is 2. The van der Waals surface area contributed by atoms with Crippen molar-refractivity contribution in [3.8, 4) is 5.75 Å². The fourth-order valence-corrected chi connectivity index (χ4v) is 2.23. The van der Waals surface area contributed by atoms with Crippen LogP contribution >= 0.6 is 15.9 Å². The van der Waals surface area contributed by atoms with E-state index in [9.17, 15) is 9.59 Å². The first kappa shape index (κ1) is 17.5. The van der Waals surface area contributed by atoms with Crippen LogP contribution in [0.5, 0.6) is 5.75 Å². The number of carbonyl (C=O) groups is 2. The van der Waals surface area contributed by atoms with Crippen molar-refractivity contribution >= 4 is 27.8 Å². The van der Waals surface area contributed by atoms with Crippen LogP contribution in [0.3, 0.4) is 0 Å². The van der Waals surface area contributed by atoms with Gasteiger partial charge in [-0.25, -0.2) is 0 Å². The SMILES string of the molecule is CC(CCC(=O)O)NC(=O)c1cc(Br)cc(OC(C)C)c1. The molecule has 21 heavy (non-hydrogen) atoms. The second kappa shape index (κ2) is 8.02. The van der Waals surface area contributed by atoms with E-state index in [0.29, 0.717) is 17.7 Å². The largest absolute Gasteiger partial charge is 0.491 e. The summed E-state index contributed by atoms with van der Waals surface area (Å²) in [5.74, 6) is -0.503. The van der Waals surface area contributed by atoms with E-state index in [1.807, 2.05) is 13.8 Å². The Morgan fingerprint density at radius 3 is 2.52 bits per heavy atom. The number of nitrogens with one attached hydrogen (secondary N) is 1. The highest BCUT2D eigenvalue weighted by Crippen LogP contribution is 2.22. The smallest absolute Gasteiger partial charge is 0.303 e. The van der Waals surface area contributed by atoms with Gasteiger partial charge in [-0.3, -0.25) is 9.59 Å². The zero-order valence-electron chi connectivity index (χ0n) is 12.4. The summed E-state index contributed by atoms with van der Waals surface area (Å²) in [5, 5.41) is 11.4. The first-order valence-corrected chi connectivity index (χ1v) is 7.57.